The number of allylic oxidation sites excluding steroid dienone is 3. The van der Waals surface area contributed by atoms with Crippen LogP contribution in [0.15, 0.2) is 53.4 Å². The van der Waals surface area contributed by atoms with Gasteiger partial charge in [-0.3, -0.25) is 4.79 Å². The van der Waals surface area contributed by atoms with Gasteiger partial charge in [-0.25, -0.2) is 9.51 Å². The van der Waals surface area contributed by atoms with Crippen LogP contribution in [0.25, 0.3) is 5.52 Å². The summed E-state index contributed by atoms with van der Waals surface area (Å²) in [4.78, 5) is 17.7. The summed E-state index contributed by atoms with van der Waals surface area (Å²) in [5, 5.41) is 14.3. The van der Waals surface area contributed by atoms with Gasteiger partial charge in [0.2, 0.25) is 0 Å². The summed E-state index contributed by atoms with van der Waals surface area (Å²) < 4.78 is 7.43. The lowest BCUT2D eigenvalue weighted by atomic mass is 10.1. The molecule has 0 fully saturated rings. The number of fused-ring (bicyclic) bond motifs is 1. The number of pyridine rings is 1. The van der Waals surface area contributed by atoms with Crippen molar-refractivity contribution in [2.24, 2.45) is 4.99 Å². The first-order valence-electron chi connectivity index (χ1n) is 7.51. The lowest BCUT2D eigenvalue weighted by Crippen LogP contribution is -2.19. The molecular weight excluding hydrogens is 308 g/mol. The molecule has 1 aliphatic rings. The summed E-state index contributed by atoms with van der Waals surface area (Å²) in [6.45, 7) is 1.20. The van der Waals surface area contributed by atoms with Gasteiger partial charge >= 0.3 is 0 Å². The summed E-state index contributed by atoms with van der Waals surface area (Å²) >= 11 is 0. The van der Waals surface area contributed by atoms with Gasteiger partial charge in [-0.1, -0.05) is 6.07 Å². The number of ether oxygens (including phenoxy) is 1. The Hall–Kier alpha value is -2.93. The molecule has 0 aliphatic heterocycles. The highest BCUT2D eigenvalue weighted by molar-refractivity contribution is 6.19. The molecule has 0 spiro atoms. The number of aliphatic imine (C=N–C) groups is 1. The van der Waals surface area contributed by atoms with Gasteiger partial charge in [-0.05, 0) is 38.4 Å². The van der Waals surface area contributed by atoms with Gasteiger partial charge in [0.1, 0.15) is 18.1 Å². The Morgan fingerprint density at radius 3 is 2.92 bits per heavy atom. The number of hydrogen-bond donors (Lipinski definition) is 1. The van der Waals surface area contributed by atoms with E-state index in [4.69, 9.17) is 4.74 Å². The highest BCUT2D eigenvalue weighted by Gasteiger charge is 2.17. The normalized spacial score (nSPS) is 16.2. The zero-order chi connectivity index (χ0) is 17.1. The van der Waals surface area contributed by atoms with Crippen molar-refractivity contribution in [3.8, 4) is 5.88 Å². The van der Waals surface area contributed by atoms with E-state index >= 15 is 0 Å². The highest BCUT2D eigenvalue weighted by Crippen LogP contribution is 2.32. The smallest absolute Gasteiger partial charge is 0.260 e. The highest BCUT2D eigenvalue weighted by atomic mass is 16.5. The molecule has 124 valence electrons. The van der Waals surface area contributed by atoms with Crippen LogP contribution < -0.4 is 4.74 Å². The molecule has 0 saturated carbocycles. The van der Waals surface area contributed by atoms with E-state index in [0.29, 0.717) is 23.9 Å². The standard InChI is InChI=1S/C17H18N4O3/c1-20(2)9-10-24-17-16(14-5-3-4-8-21(14)19-17)18-13-7-6-12(22)11-15(13)23/h3-8,11,23H,9-10H2,1-2H3/b18-13+. The van der Waals surface area contributed by atoms with E-state index in [9.17, 15) is 9.90 Å². The third-order valence-corrected chi connectivity index (χ3v) is 3.44. The minimum absolute atomic E-state index is 0.169. The molecule has 2 aromatic heterocycles. The van der Waals surface area contributed by atoms with Crippen LogP contribution in [0.2, 0.25) is 0 Å². The second kappa shape index (κ2) is 6.67. The van der Waals surface area contributed by atoms with Crippen LogP contribution in [-0.4, -0.2) is 58.4 Å². The molecule has 0 amide bonds. The molecule has 1 aliphatic carbocycles. The molecule has 3 rings (SSSR count). The van der Waals surface area contributed by atoms with E-state index in [0.717, 1.165) is 18.1 Å². The van der Waals surface area contributed by atoms with Crippen molar-refractivity contribution in [2.75, 3.05) is 27.2 Å². The maximum atomic E-state index is 11.3. The molecule has 0 atom stereocenters. The Morgan fingerprint density at radius 1 is 1.33 bits per heavy atom. The van der Waals surface area contributed by atoms with Crippen LogP contribution in [-0.2, 0) is 4.79 Å². The molecule has 1 N–H and O–H groups in total. The lowest BCUT2D eigenvalue weighted by Gasteiger charge is -2.10. The average Bonchev–Trinajstić information content (AvgIpc) is 2.87. The summed E-state index contributed by atoms with van der Waals surface area (Å²) in [6.07, 6.45) is 5.77. The van der Waals surface area contributed by atoms with E-state index < -0.39 is 0 Å². The first-order chi connectivity index (χ1) is 11.5. The largest absolute Gasteiger partial charge is 0.506 e. The maximum absolute atomic E-state index is 11.3. The summed E-state index contributed by atoms with van der Waals surface area (Å²) in [7, 11) is 3.92. The zero-order valence-electron chi connectivity index (χ0n) is 13.5. The van der Waals surface area contributed by atoms with Gasteiger partial charge in [0.15, 0.2) is 11.5 Å². The quantitative estimate of drug-likeness (QED) is 0.849. The number of ketones is 1. The predicted molar refractivity (Wildman–Crippen MR) is 91.2 cm³/mol. The van der Waals surface area contributed by atoms with Crippen molar-refractivity contribution in [2.45, 2.75) is 0 Å². The van der Waals surface area contributed by atoms with E-state index in [1.807, 2.05) is 37.2 Å². The number of aliphatic hydroxyl groups excluding tert-OH is 1. The SMILES string of the molecule is CN(C)CCOc1nn2ccccc2c1/N=C1\C=CC(=O)C=C1O. The third-order valence-electron chi connectivity index (χ3n) is 3.44. The summed E-state index contributed by atoms with van der Waals surface area (Å²) in [5.74, 6) is -0.0561. The molecule has 0 unspecified atom stereocenters. The number of carbonyl (C=O) groups is 1. The predicted octanol–water partition coefficient (Wildman–Crippen LogP) is 1.93. The Balaban J connectivity index is 2.00. The minimum atomic E-state index is -0.270. The van der Waals surface area contributed by atoms with Gasteiger partial charge in [0.05, 0.1) is 5.52 Å². The molecular formula is C17H18N4O3. The van der Waals surface area contributed by atoms with Crippen molar-refractivity contribution < 1.29 is 14.6 Å². The van der Waals surface area contributed by atoms with Crippen LogP contribution in [0.1, 0.15) is 0 Å². The van der Waals surface area contributed by atoms with Crippen LogP contribution >= 0.6 is 0 Å². The monoisotopic (exact) mass is 326 g/mol. The van der Waals surface area contributed by atoms with Crippen molar-refractivity contribution in [1.82, 2.24) is 14.5 Å². The third kappa shape index (κ3) is 3.36. The molecule has 2 heterocycles. The van der Waals surface area contributed by atoms with Gasteiger partial charge in [0, 0.05) is 18.8 Å². The number of carbonyl (C=O) groups excluding carboxylic acids is 1. The zero-order valence-corrected chi connectivity index (χ0v) is 13.5. The van der Waals surface area contributed by atoms with Crippen molar-refractivity contribution in [1.29, 1.82) is 0 Å². The van der Waals surface area contributed by atoms with Gasteiger partial charge in [-0.15, -0.1) is 5.10 Å². The molecule has 0 aromatic carbocycles. The minimum Gasteiger partial charge on any atom is -0.506 e. The molecule has 0 bridgehead atoms. The molecule has 24 heavy (non-hydrogen) atoms. The molecule has 7 heteroatoms. The van der Waals surface area contributed by atoms with Crippen LogP contribution in [0, 0.1) is 0 Å². The Bertz CT molecular complexity index is 862. The van der Waals surface area contributed by atoms with Crippen molar-refractivity contribution in [3.63, 3.8) is 0 Å². The second-order valence-corrected chi connectivity index (χ2v) is 5.60. The molecule has 2 aromatic rings. The van der Waals surface area contributed by atoms with Gasteiger partial charge in [-0.2, -0.15) is 0 Å². The van der Waals surface area contributed by atoms with E-state index in [2.05, 4.69) is 10.1 Å². The van der Waals surface area contributed by atoms with E-state index in [1.165, 1.54) is 12.2 Å². The molecule has 7 nitrogen and oxygen atoms in total. The van der Waals surface area contributed by atoms with Gasteiger partial charge < -0.3 is 14.7 Å². The fraction of sp³-hybridized carbons (Fsp3) is 0.235. The van der Waals surface area contributed by atoms with Gasteiger partial charge in [0.25, 0.3) is 5.88 Å². The van der Waals surface area contributed by atoms with Crippen LogP contribution in [0.4, 0.5) is 5.69 Å². The number of likely N-dealkylation sites (N-methyl/N-ethyl adjacent to an activating group) is 1. The Labute approximate surface area is 139 Å². The average molecular weight is 326 g/mol. The maximum Gasteiger partial charge on any atom is 0.260 e. The van der Waals surface area contributed by atoms with Crippen LogP contribution in [0.3, 0.4) is 0 Å². The Morgan fingerprint density at radius 2 is 2.17 bits per heavy atom. The summed E-state index contributed by atoms with van der Waals surface area (Å²) in [5.41, 5.74) is 1.57. The Kier molecular flexibility index (Phi) is 4.43. The number of aromatic nitrogens is 2. The number of aliphatic hydroxyl groups is 1. The first-order valence-corrected chi connectivity index (χ1v) is 7.51. The fourth-order valence-electron chi connectivity index (χ4n) is 2.21. The lowest BCUT2D eigenvalue weighted by molar-refractivity contribution is -0.110. The number of hydrogen-bond acceptors (Lipinski definition) is 6. The first kappa shape index (κ1) is 15.9. The topological polar surface area (TPSA) is 79.4 Å². The second-order valence-electron chi connectivity index (χ2n) is 5.60. The van der Waals surface area contributed by atoms with E-state index in [1.54, 1.807) is 10.7 Å². The van der Waals surface area contributed by atoms with Crippen molar-refractivity contribution >= 4 is 22.7 Å². The van der Waals surface area contributed by atoms with E-state index in [-0.39, 0.29) is 11.5 Å². The number of rotatable bonds is 5. The van der Waals surface area contributed by atoms with Crippen LogP contribution in [0.5, 0.6) is 5.88 Å². The fourth-order valence-corrected chi connectivity index (χ4v) is 2.21. The summed E-state index contributed by atoms with van der Waals surface area (Å²) in [6, 6.07) is 5.60. The van der Waals surface area contributed by atoms with Crippen molar-refractivity contribution in [3.05, 3.63) is 48.4 Å². The molecule has 0 radical (unpaired) electrons. The molecule has 0 saturated heterocycles. The number of nitrogens with zero attached hydrogens (tertiary/aromatic N) is 4.